The largest absolute Gasteiger partial charge is 0.454 e. The van der Waals surface area contributed by atoms with Crippen LogP contribution in [0.2, 0.25) is 0 Å². The van der Waals surface area contributed by atoms with Crippen molar-refractivity contribution in [1.29, 1.82) is 0 Å². The zero-order valence-electron chi connectivity index (χ0n) is 21.4. The molecule has 1 amide bonds. The molecule has 3 aliphatic rings. The Balaban J connectivity index is 1.29. The van der Waals surface area contributed by atoms with Gasteiger partial charge in [-0.1, -0.05) is 19.9 Å². The number of amides is 1. The highest BCUT2D eigenvalue weighted by Gasteiger charge is 2.34. The maximum absolute atomic E-state index is 14.1. The third-order valence-electron chi connectivity index (χ3n) is 8.18. The van der Waals surface area contributed by atoms with E-state index in [0.717, 1.165) is 49.5 Å². The number of aryl methyl sites for hydroxylation is 1. The first-order valence-corrected chi connectivity index (χ1v) is 13.7. The molecule has 2 aliphatic carbocycles. The van der Waals surface area contributed by atoms with Crippen LogP contribution < -0.4 is 10.1 Å². The Morgan fingerprint density at radius 1 is 1.00 bits per heavy atom. The Kier molecular flexibility index (Phi) is 7.61. The second kappa shape index (κ2) is 10.9. The van der Waals surface area contributed by atoms with Crippen LogP contribution in [0.4, 0.5) is 8.78 Å². The quantitative estimate of drug-likeness (QED) is 0.434. The van der Waals surface area contributed by atoms with Gasteiger partial charge in [-0.15, -0.1) is 0 Å². The lowest BCUT2D eigenvalue weighted by Gasteiger charge is -2.38. The number of rotatable bonds is 8. The summed E-state index contributed by atoms with van der Waals surface area (Å²) in [5.41, 5.74) is 1.64. The fourth-order valence-corrected chi connectivity index (χ4v) is 5.98. The number of nitrogens with zero attached hydrogens (tertiary/aromatic N) is 1. The number of benzene rings is 2. The van der Waals surface area contributed by atoms with E-state index in [9.17, 15) is 13.6 Å². The van der Waals surface area contributed by atoms with Crippen LogP contribution in [0.1, 0.15) is 81.1 Å². The van der Waals surface area contributed by atoms with Crippen LogP contribution in [-0.4, -0.2) is 35.5 Å². The molecule has 1 N–H and O–H groups in total. The smallest absolute Gasteiger partial charge is 0.254 e. The molecule has 6 heteroatoms. The maximum atomic E-state index is 14.1. The van der Waals surface area contributed by atoms with Crippen molar-refractivity contribution < 1.29 is 18.3 Å². The summed E-state index contributed by atoms with van der Waals surface area (Å²) in [4.78, 5) is 15.9. The molecular formula is C30H38F2N2O2. The molecule has 1 atom stereocenters. The Bertz CT molecular complexity index is 1080. The highest BCUT2D eigenvalue weighted by Crippen LogP contribution is 2.35. The van der Waals surface area contributed by atoms with Crippen molar-refractivity contribution in [3.05, 3.63) is 59.2 Å². The molecule has 0 aromatic heterocycles. The third kappa shape index (κ3) is 5.91. The van der Waals surface area contributed by atoms with E-state index in [2.05, 4.69) is 24.1 Å². The van der Waals surface area contributed by atoms with Gasteiger partial charge in [-0.3, -0.25) is 4.79 Å². The normalized spacial score (nSPS) is 23.4. The van der Waals surface area contributed by atoms with Crippen LogP contribution in [0.5, 0.6) is 11.5 Å². The Labute approximate surface area is 213 Å². The summed E-state index contributed by atoms with van der Waals surface area (Å²) in [5.74, 6) is -0.0277. The van der Waals surface area contributed by atoms with Gasteiger partial charge in [0.05, 0.1) is 0 Å². The van der Waals surface area contributed by atoms with Gasteiger partial charge < -0.3 is 15.0 Å². The molecule has 1 aliphatic heterocycles. The van der Waals surface area contributed by atoms with E-state index >= 15 is 0 Å². The van der Waals surface area contributed by atoms with Crippen molar-refractivity contribution in [2.45, 2.75) is 89.8 Å². The summed E-state index contributed by atoms with van der Waals surface area (Å²) < 4.78 is 33.1. The zero-order valence-corrected chi connectivity index (χ0v) is 21.4. The molecule has 0 bridgehead atoms. The van der Waals surface area contributed by atoms with Crippen molar-refractivity contribution in [3.63, 3.8) is 0 Å². The van der Waals surface area contributed by atoms with E-state index < -0.39 is 11.6 Å². The lowest BCUT2D eigenvalue weighted by Crippen LogP contribution is -2.45. The molecule has 5 rings (SSSR count). The van der Waals surface area contributed by atoms with Gasteiger partial charge in [-0.2, -0.15) is 0 Å². The van der Waals surface area contributed by atoms with E-state index in [1.54, 1.807) is 12.1 Å². The number of nitrogens with one attached hydrogen (secondary N) is 1. The second-order valence-electron chi connectivity index (χ2n) is 11.3. The number of halogens is 2. The van der Waals surface area contributed by atoms with Crippen LogP contribution in [0, 0.1) is 23.5 Å². The number of hydrogen-bond donors (Lipinski definition) is 1. The molecule has 194 valence electrons. The van der Waals surface area contributed by atoms with Crippen molar-refractivity contribution >= 4 is 5.91 Å². The summed E-state index contributed by atoms with van der Waals surface area (Å²) in [5, 5.41) is 3.79. The Hall–Kier alpha value is -2.47. The monoisotopic (exact) mass is 496 g/mol. The van der Waals surface area contributed by atoms with E-state index in [4.69, 9.17) is 4.74 Å². The van der Waals surface area contributed by atoms with Gasteiger partial charge in [0.15, 0.2) is 11.6 Å². The first-order valence-electron chi connectivity index (χ1n) is 13.7. The van der Waals surface area contributed by atoms with Gasteiger partial charge in [-0.25, -0.2) is 8.78 Å². The molecule has 2 saturated carbocycles. The molecule has 0 spiro atoms. The molecule has 36 heavy (non-hydrogen) atoms. The average Bonchev–Trinajstić information content (AvgIpc) is 3.68. The van der Waals surface area contributed by atoms with Crippen LogP contribution in [-0.2, 0) is 6.42 Å². The van der Waals surface area contributed by atoms with E-state index in [1.807, 2.05) is 6.07 Å². The average molecular weight is 497 g/mol. The zero-order chi connectivity index (χ0) is 25.2. The number of hydrogen-bond acceptors (Lipinski definition) is 3. The van der Waals surface area contributed by atoms with Crippen LogP contribution in [0.25, 0.3) is 0 Å². The molecule has 0 radical (unpaired) electrons. The number of fused-ring (bicyclic) bond motifs is 1. The molecule has 2 fully saturated rings. The van der Waals surface area contributed by atoms with Crippen molar-refractivity contribution in [2.75, 3.05) is 6.54 Å². The summed E-state index contributed by atoms with van der Waals surface area (Å²) in [6, 6.07) is 10.3. The topological polar surface area (TPSA) is 41.6 Å². The lowest BCUT2D eigenvalue weighted by molar-refractivity contribution is 0.0575. The standard InChI is InChI=1S/C30H38F2N2O2/c1-19(2)28(16-20-5-9-23(10-6-20)33-24-11-12-24)34-15-3-4-21-7-13-25(18-26(21)30(34)35)36-29-14-8-22(31)17-27(29)32/h7-8,13-14,17-20,23-24,28,33H,3-6,9-12,15-16H2,1-2H3/t20?,23?,28-/m0/s1. The van der Waals surface area contributed by atoms with Crippen LogP contribution in [0.3, 0.4) is 0 Å². The van der Waals surface area contributed by atoms with Gasteiger partial charge in [0, 0.05) is 36.3 Å². The molecule has 2 aromatic rings. The third-order valence-corrected chi connectivity index (χ3v) is 8.18. The fourth-order valence-electron chi connectivity index (χ4n) is 5.98. The van der Waals surface area contributed by atoms with Crippen LogP contribution >= 0.6 is 0 Å². The number of ether oxygens (including phenoxy) is 1. The van der Waals surface area contributed by atoms with Gasteiger partial charge in [0.1, 0.15) is 11.6 Å². The number of carbonyl (C=O) groups is 1. The SMILES string of the molecule is CC(C)[C@H](CC1CCC(NC2CC2)CC1)N1CCCc2ccc(Oc3ccc(F)cc3F)cc2C1=O. The minimum atomic E-state index is -0.764. The van der Waals surface area contributed by atoms with Gasteiger partial charge in [0.25, 0.3) is 5.91 Å². The fraction of sp³-hybridized carbons (Fsp3) is 0.567. The van der Waals surface area contributed by atoms with E-state index in [0.29, 0.717) is 29.2 Å². The van der Waals surface area contributed by atoms with E-state index in [1.165, 1.54) is 44.6 Å². The minimum Gasteiger partial charge on any atom is -0.454 e. The summed E-state index contributed by atoms with van der Waals surface area (Å²) >= 11 is 0. The highest BCUT2D eigenvalue weighted by atomic mass is 19.1. The molecule has 4 nitrogen and oxygen atoms in total. The van der Waals surface area contributed by atoms with Crippen molar-refractivity contribution in [3.8, 4) is 11.5 Å². The van der Waals surface area contributed by atoms with Gasteiger partial charge >= 0.3 is 0 Å². The van der Waals surface area contributed by atoms with Crippen LogP contribution in [0.15, 0.2) is 36.4 Å². The van der Waals surface area contributed by atoms with Gasteiger partial charge in [-0.05, 0) is 99.5 Å². The Morgan fingerprint density at radius 2 is 1.72 bits per heavy atom. The van der Waals surface area contributed by atoms with Gasteiger partial charge in [0.2, 0.25) is 0 Å². The first kappa shape index (κ1) is 25.2. The highest BCUT2D eigenvalue weighted by molar-refractivity contribution is 5.96. The van der Waals surface area contributed by atoms with E-state index in [-0.39, 0.29) is 17.7 Å². The molecular weight excluding hydrogens is 458 g/mol. The molecule has 1 heterocycles. The summed E-state index contributed by atoms with van der Waals surface area (Å²) in [6.07, 6.45) is 10.4. The first-order chi connectivity index (χ1) is 17.4. The molecule has 0 unspecified atom stereocenters. The lowest BCUT2D eigenvalue weighted by atomic mass is 9.80. The number of carbonyl (C=O) groups excluding carboxylic acids is 1. The van der Waals surface area contributed by atoms with Crippen molar-refractivity contribution in [1.82, 2.24) is 10.2 Å². The predicted octanol–water partition coefficient (Wildman–Crippen LogP) is 6.87. The predicted molar refractivity (Wildman–Crippen MR) is 137 cm³/mol. The Morgan fingerprint density at radius 3 is 2.39 bits per heavy atom. The second-order valence-corrected chi connectivity index (χ2v) is 11.3. The minimum absolute atomic E-state index is 0.0373. The molecule has 0 saturated heterocycles. The molecule has 2 aromatic carbocycles. The summed E-state index contributed by atoms with van der Waals surface area (Å²) in [7, 11) is 0. The summed E-state index contributed by atoms with van der Waals surface area (Å²) in [6.45, 7) is 5.19. The van der Waals surface area contributed by atoms with Crippen molar-refractivity contribution in [2.24, 2.45) is 11.8 Å². The maximum Gasteiger partial charge on any atom is 0.254 e.